The summed E-state index contributed by atoms with van der Waals surface area (Å²) in [7, 11) is 0. The molecule has 59 heavy (non-hydrogen) atoms. The van der Waals surface area contributed by atoms with Gasteiger partial charge in [0.1, 0.15) is 60.1 Å². The van der Waals surface area contributed by atoms with Gasteiger partial charge in [0.05, 0.1) is 12.6 Å². The number of carbonyl (C=O) groups is 8. The van der Waals surface area contributed by atoms with Gasteiger partial charge in [-0.1, -0.05) is 30.0 Å². The summed E-state index contributed by atoms with van der Waals surface area (Å²) in [6.45, 7) is 6.12. The molecule has 0 saturated carbocycles. The minimum Gasteiger partial charge on any atom is -0.480 e. The number of hydrogen-bond donors (Lipinski definition) is 11. The van der Waals surface area contributed by atoms with Crippen molar-refractivity contribution in [3.05, 3.63) is 30.3 Å². The van der Waals surface area contributed by atoms with Gasteiger partial charge in [-0.3, -0.25) is 33.6 Å². The number of carboxylic acids is 2. The minimum atomic E-state index is -1.60. The lowest BCUT2D eigenvalue weighted by Crippen LogP contribution is -2.65. The van der Waals surface area contributed by atoms with Crippen molar-refractivity contribution in [2.75, 3.05) is 13.2 Å². The predicted octanol–water partition coefficient (Wildman–Crippen LogP) is -2.30. The summed E-state index contributed by atoms with van der Waals surface area (Å²) in [6.07, 6.45) is -5.09. The van der Waals surface area contributed by atoms with Crippen LogP contribution in [0.5, 0.6) is 0 Å². The number of aliphatic carboxylic acids is 2. The van der Waals surface area contributed by atoms with Crippen LogP contribution in [-0.2, 0) is 47.8 Å². The lowest BCUT2D eigenvalue weighted by molar-refractivity contribution is -0.200. The van der Waals surface area contributed by atoms with Gasteiger partial charge in [-0.25, -0.2) is 4.79 Å². The van der Waals surface area contributed by atoms with Crippen molar-refractivity contribution in [1.82, 2.24) is 31.9 Å². The maximum atomic E-state index is 13.2. The fourth-order valence-electron chi connectivity index (χ4n) is 5.68. The highest BCUT2D eigenvalue weighted by Crippen LogP contribution is 2.35. The number of carboxylic acid groups (broad SMARTS) is 2. The molecular weight excluding hydrogens is 799 g/mol. The lowest BCUT2D eigenvalue weighted by atomic mass is 9.97. The highest BCUT2D eigenvalue weighted by atomic mass is 32.2. The van der Waals surface area contributed by atoms with E-state index in [4.69, 9.17) is 20.3 Å². The standard InChI is InChI=1S/C37H57N7O14S/c1-18(31(49)41-20(3)35(53)54)40-34(52)24(13-9-10-16-38)43-27(47)15-14-25(36(55)56)44-32(50)19(2)39-33(51)21(4)57-30-28(42-22(5)46)37(58-26(17-45)29(30)48)59-23-11-7-6-8-12-23/h6-8,11-12,18-21,24-26,28-30,37,45,48H,9-10,13-17,38H2,1-5H3,(H,39,51)(H,40,52)(H,41,49)(H,42,46)(H,43,47)(H,44,50)(H,53,54)(H,55,56)/t18-,19+,20-,21-,24+,25-,26-,28-,29-,30-,37-/m1/s1. The Hall–Kier alpha value is -4.87. The van der Waals surface area contributed by atoms with Crippen LogP contribution in [0.3, 0.4) is 0 Å². The van der Waals surface area contributed by atoms with Gasteiger partial charge in [-0.15, -0.1) is 0 Å². The normalized spacial score (nSPS) is 21.9. The van der Waals surface area contributed by atoms with E-state index in [-0.39, 0.29) is 6.42 Å². The molecule has 0 unspecified atom stereocenters. The summed E-state index contributed by atoms with van der Waals surface area (Å²) in [5, 5.41) is 54.4. The summed E-state index contributed by atoms with van der Waals surface area (Å²) in [5.74, 6) is -7.29. The molecule has 21 nitrogen and oxygen atoms in total. The first-order valence-corrected chi connectivity index (χ1v) is 19.9. The van der Waals surface area contributed by atoms with E-state index in [2.05, 4.69) is 31.9 Å². The molecule has 1 fully saturated rings. The first-order chi connectivity index (χ1) is 27.8. The lowest BCUT2D eigenvalue weighted by Gasteiger charge is -2.44. The van der Waals surface area contributed by atoms with Crippen LogP contribution < -0.4 is 37.6 Å². The van der Waals surface area contributed by atoms with Gasteiger partial charge in [0, 0.05) is 18.2 Å². The third kappa shape index (κ3) is 16.7. The zero-order chi connectivity index (χ0) is 44.4. The molecule has 22 heteroatoms. The minimum absolute atomic E-state index is 0.115. The summed E-state index contributed by atoms with van der Waals surface area (Å²) in [5.41, 5.74) is 4.69. The SMILES string of the molecule is CC(=O)N[C@@H]1[C@@H](O[C@H](C)C(=O)N[C@@H](C)C(=O)N[C@H](CCC(=O)N[C@@H](CCCCN)C(=O)N[C@H](C)C(=O)N[C@H](C)C(=O)O)C(=O)O)[C@H](O)[C@@H](CO)O[C@@H]1Sc1ccccc1. The number of unbranched alkanes of at least 4 members (excludes halogenated alkanes) is 1. The second-order valence-corrected chi connectivity index (χ2v) is 15.2. The number of nitrogens with two attached hydrogens (primary N) is 1. The summed E-state index contributed by atoms with van der Waals surface area (Å²) in [4.78, 5) is 101. The summed E-state index contributed by atoms with van der Waals surface area (Å²) in [6, 6.07) is 1.52. The Morgan fingerprint density at radius 1 is 0.780 bits per heavy atom. The van der Waals surface area contributed by atoms with Gasteiger partial charge in [0.2, 0.25) is 35.4 Å². The highest BCUT2D eigenvalue weighted by molar-refractivity contribution is 7.99. The van der Waals surface area contributed by atoms with Crippen LogP contribution in [0.1, 0.15) is 66.7 Å². The number of carbonyl (C=O) groups excluding carboxylic acids is 6. The van der Waals surface area contributed by atoms with E-state index in [0.717, 1.165) is 4.90 Å². The predicted molar refractivity (Wildman–Crippen MR) is 210 cm³/mol. The number of hydrogen-bond acceptors (Lipinski definition) is 14. The van der Waals surface area contributed by atoms with Crippen LogP contribution in [0.25, 0.3) is 0 Å². The number of nitrogens with one attached hydrogen (secondary N) is 6. The van der Waals surface area contributed by atoms with Gasteiger partial charge in [0.15, 0.2) is 0 Å². The van der Waals surface area contributed by atoms with Crippen molar-refractivity contribution in [3.8, 4) is 0 Å². The van der Waals surface area contributed by atoms with Crippen molar-refractivity contribution in [3.63, 3.8) is 0 Å². The van der Waals surface area contributed by atoms with Gasteiger partial charge in [-0.2, -0.15) is 0 Å². The van der Waals surface area contributed by atoms with Gasteiger partial charge in [-0.05, 0) is 72.1 Å². The molecule has 1 heterocycles. The molecular formula is C37H57N7O14S. The van der Waals surface area contributed by atoms with E-state index < -0.39 is 133 Å². The molecule has 330 valence electrons. The number of ether oxygens (including phenoxy) is 2. The average Bonchev–Trinajstić information content (AvgIpc) is 3.17. The van der Waals surface area contributed by atoms with Crippen LogP contribution in [0.2, 0.25) is 0 Å². The van der Waals surface area contributed by atoms with Crippen LogP contribution in [0.4, 0.5) is 0 Å². The Morgan fingerprint density at radius 2 is 1.37 bits per heavy atom. The van der Waals surface area contributed by atoms with Crippen LogP contribution in [-0.4, -0.2) is 147 Å². The Kier molecular flexibility index (Phi) is 21.2. The third-order valence-corrected chi connectivity index (χ3v) is 10.2. The van der Waals surface area contributed by atoms with Crippen molar-refractivity contribution in [2.45, 2.75) is 138 Å². The maximum absolute atomic E-state index is 13.2. The van der Waals surface area contributed by atoms with E-state index >= 15 is 0 Å². The molecule has 0 bridgehead atoms. The zero-order valence-corrected chi connectivity index (χ0v) is 34.4. The molecule has 1 aliphatic rings. The third-order valence-electron chi connectivity index (χ3n) is 9.06. The number of aliphatic hydroxyl groups excluding tert-OH is 2. The monoisotopic (exact) mass is 855 g/mol. The first kappa shape index (κ1) is 50.3. The number of amides is 6. The number of aliphatic hydroxyl groups is 2. The summed E-state index contributed by atoms with van der Waals surface area (Å²) >= 11 is 1.20. The Labute approximate surface area is 345 Å². The van der Waals surface area contributed by atoms with Gasteiger partial charge < -0.3 is 67.5 Å². The molecule has 11 atom stereocenters. The fourth-order valence-corrected chi connectivity index (χ4v) is 6.83. The second kappa shape index (κ2) is 24.9. The van der Waals surface area contributed by atoms with E-state index in [1.165, 1.54) is 46.4 Å². The Bertz CT molecular complexity index is 1610. The molecule has 1 aromatic rings. The molecule has 6 amide bonds. The highest BCUT2D eigenvalue weighted by Gasteiger charge is 2.48. The average molecular weight is 856 g/mol. The molecule has 0 spiro atoms. The number of thioether (sulfide) groups is 1. The van der Waals surface area contributed by atoms with Crippen molar-refractivity contribution in [1.29, 1.82) is 0 Å². The zero-order valence-electron chi connectivity index (χ0n) is 33.5. The van der Waals surface area contributed by atoms with Crippen molar-refractivity contribution in [2.24, 2.45) is 5.73 Å². The first-order valence-electron chi connectivity index (χ1n) is 19.0. The molecule has 1 saturated heterocycles. The molecule has 1 aromatic carbocycles. The second-order valence-electron chi connectivity index (χ2n) is 14.0. The molecule has 0 aliphatic carbocycles. The van der Waals surface area contributed by atoms with Crippen LogP contribution >= 0.6 is 11.8 Å². The molecule has 1 aliphatic heterocycles. The molecule has 0 aromatic heterocycles. The largest absolute Gasteiger partial charge is 0.480 e. The van der Waals surface area contributed by atoms with Gasteiger partial charge in [0.25, 0.3) is 0 Å². The molecule has 12 N–H and O–H groups in total. The Morgan fingerprint density at radius 3 is 1.93 bits per heavy atom. The molecule has 0 radical (unpaired) electrons. The molecule has 2 rings (SSSR count). The maximum Gasteiger partial charge on any atom is 0.326 e. The van der Waals surface area contributed by atoms with Crippen LogP contribution in [0, 0.1) is 0 Å². The quantitative estimate of drug-likeness (QED) is 0.0487. The topological polar surface area (TPSA) is 334 Å². The fraction of sp³-hybridized carbons (Fsp3) is 0.622. The summed E-state index contributed by atoms with van der Waals surface area (Å²) < 4.78 is 11.9. The number of rotatable bonds is 24. The smallest absolute Gasteiger partial charge is 0.326 e. The van der Waals surface area contributed by atoms with Crippen molar-refractivity contribution >= 4 is 59.1 Å². The van der Waals surface area contributed by atoms with E-state index in [0.29, 0.717) is 19.4 Å². The van der Waals surface area contributed by atoms with E-state index in [1.54, 1.807) is 24.3 Å². The van der Waals surface area contributed by atoms with E-state index in [1.807, 2.05) is 6.07 Å². The van der Waals surface area contributed by atoms with Crippen molar-refractivity contribution < 1.29 is 68.3 Å². The number of benzene rings is 1. The van der Waals surface area contributed by atoms with Gasteiger partial charge >= 0.3 is 11.9 Å². The Balaban J connectivity index is 2.04. The van der Waals surface area contributed by atoms with E-state index in [9.17, 15) is 53.7 Å². The van der Waals surface area contributed by atoms with Crippen LogP contribution in [0.15, 0.2) is 35.2 Å².